The summed E-state index contributed by atoms with van der Waals surface area (Å²) >= 11 is 4.66. The Labute approximate surface area is 192 Å². The Morgan fingerprint density at radius 3 is 1.77 bits per heavy atom. The standard InChI is InChI=1S/C23H18BrN5OS/c24-17-13-11-16(12-14-17)20(30)15-31-23-28-21(25-18-7-3-1-4-8-18)27-22(29-23)26-19-9-5-2-6-10-19/h1-14H,15H2,(H2,25,26,27,28,29). The van der Waals surface area contributed by atoms with Gasteiger partial charge >= 0.3 is 0 Å². The highest BCUT2D eigenvalue weighted by atomic mass is 79.9. The van der Waals surface area contributed by atoms with Crippen LogP contribution in [0.2, 0.25) is 0 Å². The highest BCUT2D eigenvalue weighted by Gasteiger charge is 2.12. The topological polar surface area (TPSA) is 79.8 Å². The SMILES string of the molecule is O=C(CSc1nc(Nc2ccccc2)nc(Nc2ccccc2)n1)c1ccc(Br)cc1. The van der Waals surface area contributed by atoms with Crippen LogP contribution in [0.3, 0.4) is 0 Å². The van der Waals surface area contributed by atoms with Gasteiger partial charge in [0.15, 0.2) is 10.9 Å². The van der Waals surface area contributed by atoms with E-state index in [2.05, 4.69) is 41.5 Å². The van der Waals surface area contributed by atoms with Crippen LogP contribution in [0.15, 0.2) is 94.6 Å². The fourth-order valence-corrected chi connectivity index (χ4v) is 3.68. The number of para-hydroxylation sites is 2. The van der Waals surface area contributed by atoms with Crippen molar-refractivity contribution in [2.45, 2.75) is 5.16 Å². The zero-order chi connectivity index (χ0) is 21.5. The van der Waals surface area contributed by atoms with Crippen molar-refractivity contribution in [1.29, 1.82) is 0 Å². The lowest BCUT2D eigenvalue weighted by molar-refractivity contribution is 0.102. The van der Waals surface area contributed by atoms with E-state index in [1.54, 1.807) is 12.1 Å². The first-order valence-corrected chi connectivity index (χ1v) is 11.3. The molecule has 1 heterocycles. The summed E-state index contributed by atoms with van der Waals surface area (Å²) in [5.74, 6) is 1.03. The molecule has 0 aliphatic rings. The Morgan fingerprint density at radius 1 is 0.742 bits per heavy atom. The van der Waals surface area contributed by atoms with Crippen LogP contribution in [-0.4, -0.2) is 26.5 Å². The lowest BCUT2D eigenvalue weighted by atomic mass is 10.2. The molecular formula is C23H18BrN5OS. The van der Waals surface area contributed by atoms with Gasteiger partial charge in [0.05, 0.1) is 5.75 Å². The fraction of sp³-hybridized carbons (Fsp3) is 0.0435. The molecule has 0 fully saturated rings. The second-order valence-corrected chi connectivity index (χ2v) is 8.32. The molecule has 6 nitrogen and oxygen atoms in total. The molecule has 0 spiro atoms. The minimum Gasteiger partial charge on any atom is -0.324 e. The minimum absolute atomic E-state index is 0.00745. The molecule has 0 radical (unpaired) electrons. The number of nitrogens with one attached hydrogen (secondary N) is 2. The smallest absolute Gasteiger partial charge is 0.233 e. The van der Waals surface area contributed by atoms with Gasteiger partial charge in [-0.15, -0.1) is 0 Å². The lowest BCUT2D eigenvalue weighted by Crippen LogP contribution is -2.07. The number of hydrogen-bond acceptors (Lipinski definition) is 7. The predicted molar refractivity (Wildman–Crippen MR) is 128 cm³/mol. The van der Waals surface area contributed by atoms with E-state index in [4.69, 9.17) is 0 Å². The second-order valence-electron chi connectivity index (χ2n) is 6.47. The third-order valence-electron chi connectivity index (χ3n) is 4.17. The molecular weight excluding hydrogens is 474 g/mol. The lowest BCUT2D eigenvalue weighted by Gasteiger charge is -2.10. The summed E-state index contributed by atoms with van der Waals surface area (Å²) in [6, 6.07) is 26.6. The predicted octanol–water partition coefficient (Wildman–Crippen LogP) is 6.10. The Hall–Kier alpha value is -3.23. The van der Waals surface area contributed by atoms with Crippen molar-refractivity contribution >= 4 is 56.7 Å². The molecule has 0 unspecified atom stereocenters. The summed E-state index contributed by atoms with van der Waals surface area (Å²) in [4.78, 5) is 26.0. The summed E-state index contributed by atoms with van der Waals surface area (Å²) in [6.07, 6.45) is 0. The van der Waals surface area contributed by atoms with Crippen molar-refractivity contribution in [3.05, 3.63) is 95.0 Å². The molecule has 0 bridgehead atoms. The van der Waals surface area contributed by atoms with Gasteiger partial charge in [0.2, 0.25) is 11.9 Å². The van der Waals surface area contributed by atoms with Gasteiger partial charge in [-0.05, 0) is 36.4 Å². The maximum Gasteiger partial charge on any atom is 0.233 e. The van der Waals surface area contributed by atoms with Crippen LogP contribution in [0.5, 0.6) is 0 Å². The number of rotatable bonds is 8. The van der Waals surface area contributed by atoms with Crippen LogP contribution in [-0.2, 0) is 0 Å². The molecule has 8 heteroatoms. The Balaban J connectivity index is 1.54. The average molecular weight is 492 g/mol. The van der Waals surface area contributed by atoms with Crippen molar-refractivity contribution in [3.8, 4) is 0 Å². The van der Waals surface area contributed by atoms with E-state index in [0.717, 1.165) is 15.8 Å². The van der Waals surface area contributed by atoms with Crippen molar-refractivity contribution in [1.82, 2.24) is 15.0 Å². The molecule has 1 aromatic heterocycles. The number of ketones is 1. The van der Waals surface area contributed by atoms with Gasteiger partial charge in [0.1, 0.15) is 0 Å². The summed E-state index contributed by atoms with van der Waals surface area (Å²) in [5.41, 5.74) is 2.37. The fourth-order valence-electron chi connectivity index (χ4n) is 2.68. The summed E-state index contributed by atoms with van der Waals surface area (Å²) in [6.45, 7) is 0. The number of Topliss-reactive ketones (excluding diaryl/α,β-unsaturated/α-hetero) is 1. The normalized spacial score (nSPS) is 10.5. The van der Waals surface area contributed by atoms with Gasteiger partial charge in [-0.2, -0.15) is 15.0 Å². The van der Waals surface area contributed by atoms with Crippen LogP contribution in [0.1, 0.15) is 10.4 Å². The number of carbonyl (C=O) groups is 1. The van der Waals surface area contributed by atoms with E-state index in [-0.39, 0.29) is 11.5 Å². The number of thioether (sulfide) groups is 1. The maximum atomic E-state index is 12.5. The third-order valence-corrected chi connectivity index (χ3v) is 5.55. The van der Waals surface area contributed by atoms with Crippen LogP contribution in [0, 0.1) is 0 Å². The largest absolute Gasteiger partial charge is 0.324 e. The molecule has 4 rings (SSSR count). The molecule has 31 heavy (non-hydrogen) atoms. The maximum absolute atomic E-state index is 12.5. The molecule has 2 N–H and O–H groups in total. The van der Waals surface area contributed by atoms with E-state index < -0.39 is 0 Å². The number of carbonyl (C=O) groups excluding carboxylic acids is 1. The van der Waals surface area contributed by atoms with Crippen LogP contribution in [0.4, 0.5) is 23.3 Å². The van der Waals surface area contributed by atoms with E-state index in [0.29, 0.717) is 22.6 Å². The van der Waals surface area contributed by atoms with Gasteiger partial charge in [-0.3, -0.25) is 4.79 Å². The van der Waals surface area contributed by atoms with Gasteiger partial charge < -0.3 is 10.6 Å². The quantitative estimate of drug-likeness (QED) is 0.227. The van der Waals surface area contributed by atoms with Crippen molar-refractivity contribution < 1.29 is 4.79 Å². The van der Waals surface area contributed by atoms with Gasteiger partial charge in [0.25, 0.3) is 0 Å². The molecule has 3 aromatic carbocycles. The Kier molecular flexibility index (Phi) is 6.91. The zero-order valence-electron chi connectivity index (χ0n) is 16.3. The monoisotopic (exact) mass is 491 g/mol. The zero-order valence-corrected chi connectivity index (χ0v) is 18.7. The molecule has 4 aromatic rings. The van der Waals surface area contributed by atoms with Gasteiger partial charge in [-0.1, -0.05) is 76.2 Å². The van der Waals surface area contributed by atoms with Crippen LogP contribution in [0.25, 0.3) is 0 Å². The molecule has 154 valence electrons. The number of benzene rings is 3. The first-order valence-electron chi connectivity index (χ1n) is 9.47. The molecule has 0 saturated carbocycles. The minimum atomic E-state index is 0.00745. The van der Waals surface area contributed by atoms with E-state index >= 15 is 0 Å². The number of nitrogens with zero attached hydrogens (tertiary/aromatic N) is 3. The molecule has 0 aliphatic carbocycles. The van der Waals surface area contributed by atoms with E-state index in [9.17, 15) is 4.79 Å². The molecule has 0 aliphatic heterocycles. The molecule has 0 atom stereocenters. The first-order chi connectivity index (χ1) is 15.2. The number of aromatic nitrogens is 3. The number of anilines is 4. The second kappa shape index (κ2) is 10.2. The number of hydrogen-bond donors (Lipinski definition) is 2. The summed E-state index contributed by atoms with van der Waals surface area (Å²) < 4.78 is 0.933. The molecule has 0 saturated heterocycles. The Morgan fingerprint density at radius 2 is 1.26 bits per heavy atom. The van der Waals surface area contributed by atoms with E-state index in [1.807, 2.05) is 72.8 Å². The first kappa shape index (κ1) is 21.0. The summed E-state index contributed by atoms with van der Waals surface area (Å²) in [7, 11) is 0. The average Bonchev–Trinajstić information content (AvgIpc) is 2.79. The highest BCUT2D eigenvalue weighted by molar-refractivity contribution is 9.10. The van der Waals surface area contributed by atoms with Crippen molar-refractivity contribution in [2.24, 2.45) is 0 Å². The summed E-state index contributed by atoms with van der Waals surface area (Å²) in [5, 5.41) is 6.84. The molecule has 0 amide bonds. The van der Waals surface area contributed by atoms with Crippen molar-refractivity contribution in [2.75, 3.05) is 16.4 Å². The highest BCUT2D eigenvalue weighted by Crippen LogP contribution is 2.22. The third kappa shape index (κ3) is 6.13. The van der Waals surface area contributed by atoms with E-state index in [1.165, 1.54) is 11.8 Å². The Bertz CT molecular complexity index is 1100. The van der Waals surface area contributed by atoms with Crippen LogP contribution < -0.4 is 10.6 Å². The van der Waals surface area contributed by atoms with Gasteiger partial charge in [-0.25, -0.2) is 0 Å². The number of halogens is 1. The van der Waals surface area contributed by atoms with Crippen molar-refractivity contribution in [3.63, 3.8) is 0 Å². The van der Waals surface area contributed by atoms with Gasteiger partial charge in [0, 0.05) is 21.4 Å². The van der Waals surface area contributed by atoms with Crippen LogP contribution >= 0.6 is 27.7 Å².